The maximum Gasteiger partial charge on any atom is 0.253 e. The highest BCUT2D eigenvalue weighted by molar-refractivity contribution is 5.99. The molecule has 29 heavy (non-hydrogen) atoms. The highest BCUT2D eigenvalue weighted by atomic mass is 19.1. The first kappa shape index (κ1) is 20.0. The van der Waals surface area contributed by atoms with Crippen molar-refractivity contribution in [1.82, 2.24) is 15.6 Å². The topological polar surface area (TPSA) is 80.3 Å². The number of amides is 2. The van der Waals surface area contributed by atoms with E-state index in [0.717, 1.165) is 11.1 Å². The summed E-state index contributed by atoms with van der Waals surface area (Å²) in [5.41, 5.74) is 2.13. The van der Waals surface area contributed by atoms with Crippen molar-refractivity contribution in [2.75, 3.05) is 7.11 Å². The van der Waals surface area contributed by atoms with Gasteiger partial charge in [0.15, 0.2) is 0 Å². The van der Waals surface area contributed by atoms with Gasteiger partial charge in [-0.3, -0.25) is 14.6 Å². The van der Waals surface area contributed by atoms with Crippen LogP contribution in [-0.4, -0.2) is 23.9 Å². The quantitative estimate of drug-likeness (QED) is 0.647. The number of methoxy groups -OCH3 is 1. The van der Waals surface area contributed by atoms with Crippen molar-refractivity contribution in [3.8, 4) is 5.75 Å². The average molecular weight is 393 g/mol. The molecule has 0 bridgehead atoms. The highest BCUT2D eigenvalue weighted by Gasteiger charge is 2.12. The molecule has 0 aliphatic rings. The molecule has 2 N–H and O–H groups in total. The van der Waals surface area contributed by atoms with Gasteiger partial charge in [0.2, 0.25) is 0 Å². The Hall–Kier alpha value is -3.74. The van der Waals surface area contributed by atoms with Gasteiger partial charge in [0.25, 0.3) is 11.8 Å². The summed E-state index contributed by atoms with van der Waals surface area (Å²) in [6, 6.07) is 14.7. The lowest BCUT2D eigenvalue weighted by Gasteiger charge is -2.10. The van der Waals surface area contributed by atoms with Gasteiger partial charge < -0.3 is 15.4 Å². The van der Waals surface area contributed by atoms with E-state index >= 15 is 0 Å². The van der Waals surface area contributed by atoms with Gasteiger partial charge in [-0.15, -0.1) is 0 Å². The second kappa shape index (κ2) is 9.45. The van der Waals surface area contributed by atoms with E-state index in [-0.39, 0.29) is 41.8 Å². The highest BCUT2D eigenvalue weighted by Crippen LogP contribution is 2.17. The van der Waals surface area contributed by atoms with Crippen LogP contribution in [0.25, 0.3) is 0 Å². The Morgan fingerprint density at radius 1 is 0.931 bits per heavy atom. The van der Waals surface area contributed by atoms with Gasteiger partial charge in [-0.25, -0.2) is 4.39 Å². The van der Waals surface area contributed by atoms with Crippen molar-refractivity contribution in [3.05, 3.63) is 95.1 Å². The summed E-state index contributed by atoms with van der Waals surface area (Å²) >= 11 is 0. The second-order valence-corrected chi connectivity index (χ2v) is 6.27. The molecular formula is C22H20FN3O3. The Morgan fingerprint density at radius 3 is 2.21 bits per heavy atom. The predicted octanol–water partition coefficient (Wildman–Crippen LogP) is 3.09. The van der Waals surface area contributed by atoms with E-state index in [1.54, 1.807) is 19.2 Å². The van der Waals surface area contributed by atoms with Crippen molar-refractivity contribution in [2.45, 2.75) is 13.1 Å². The van der Waals surface area contributed by atoms with Gasteiger partial charge in [0.05, 0.1) is 18.2 Å². The Morgan fingerprint density at radius 2 is 1.55 bits per heavy atom. The van der Waals surface area contributed by atoms with Crippen LogP contribution in [-0.2, 0) is 13.1 Å². The van der Waals surface area contributed by atoms with E-state index in [1.165, 1.54) is 30.6 Å². The number of halogens is 1. The summed E-state index contributed by atoms with van der Waals surface area (Å²) in [5.74, 6) is -0.381. The van der Waals surface area contributed by atoms with Crippen LogP contribution in [0.3, 0.4) is 0 Å². The minimum Gasteiger partial charge on any atom is -0.496 e. The van der Waals surface area contributed by atoms with Crippen LogP contribution in [0.15, 0.2) is 67.0 Å². The van der Waals surface area contributed by atoms with Crippen molar-refractivity contribution in [2.24, 2.45) is 0 Å². The fourth-order valence-electron chi connectivity index (χ4n) is 2.70. The summed E-state index contributed by atoms with van der Waals surface area (Å²) in [5, 5.41) is 5.52. The number of hydrogen-bond acceptors (Lipinski definition) is 4. The Bertz CT molecular complexity index is 1010. The first-order valence-electron chi connectivity index (χ1n) is 8.94. The number of ether oxygens (including phenoxy) is 1. The summed E-state index contributed by atoms with van der Waals surface area (Å²) in [7, 11) is 1.57. The molecule has 0 atom stereocenters. The lowest BCUT2D eigenvalue weighted by molar-refractivity contribution is 0.0950. The zero-order chi connectivity index (χ0) is 20.6. The number of benzene rings is 2. The van der Waals surface area contributed by atoms with Gasteiger partial charge in [-0.05, 0) is 29.8 Å². The van der Waals surface area contributed by atoms with E-state index in [4.69, 9.17) is 4.74 Å². The van der Waals surface area contributed by atoms with Gasteiger partial charge in [-0.2, -0.15) is 0 Å². The Kier molecular flexibility index (Phi) is 6.52. The zero-order valence-corrected chi connectivity index (χ0v) is 15.8. The Labute approximate surface area is 167 Å². The van der Waals surface area contributed by atoms with E-state index in [2.05, 4.69) is 15.6 Å². The first-order valence-corrected chi connectivity index (χ1v) is 8.94. The van der Waals surface area contributed by atoms with E-state index < -0.39 is 0 Å². The molecule has 6 nitrogen and oxygen atoms in total. The average Bonchev–Trinajstić information content (AvgIpc) is 2.77. The van der Waals surface area contributed by atoms with Crippen molar-refractivity contribution < 1.29 is 18.7 Å². The molecule has 0 aliphatic carbocycles. The van der Waals surface area contributed by atoms with Gasteiger partial charge in [-0.1, -0.05) is 30.3 Å². The Balaban J connectivity index is 1.61. The molecule has 148 valence electrons. The molecule has 3 rings (SSSR count). The maximum atomic E-state index is 12.9. The predicted molar refractivity (Wildman–Crippen MR) is 106 cm³/mol. The number of hydrogen-bond donors (Lipinski definition) is 2. The number of para-hydroxylation sites is 1. The normalized spacial score (nSPS) is 10.3. The molecule has 0 radical (unpaired) electrons. The molecule has 0 aliphatic heterocycles. The molecule has 0 unspecified atom stereocenters. The number of aromatic nitrogens is 1. The maximum absolute atomic E-state index is 12.9. The minimum absolute atomic E-state index is 0.239. The number of rotatable bonds is 7. The molecule has 1 heterocycles. The van der Waals surface area contributed by atoms with Gasteiger partial charge >= 0.3 is 0 Å². The smallest absolute Gasteiger partial charge is 0.253 e. The van der Waals surface area contributed by atoms with E-state index in [9.17, 15) is 14.0 Å². The fraction of sp³-hybridized carbons (Fsp3) is 0.136. The van der Waals surface area contributed by atoms with Crippen LogP contribution < -0.4 is 15.4 Å². The lowest BCUT2D eigenvalue weighted by atomic mass is 10.1. The van der Waals surface area contributed by atoms with Crippen LogP contribution in [0.5, 0.6) is 5.75 Å². The van der Waals surface area contributed by atoms with Gasteiger partial charge in [0.1, 0.15) is 11.6 Å². The summed E-state index contributed by atoms with van der Waals surface area (Å²) < 4.78 is 18.2. The molecule has 1 aromatic heterocycles. The number of carbonyl (C=O) groups excluding carboxylic acids is 2. The molecular weight excluding hydrogens is 373 g/mol. The lowest BCUT2D eigenvalue weighted by Crippen LogP contribution is -2.25. The third-order valence-electron chi connectivity index (χ3n) is 4.26. The molecule has 2 aromatic carbocycles. The molecule has 0 spiro atoms. The number of nitrogens with zero attached hydrogens (tertiary/aromatic N) is 1. The van der Waals surface area contributed by atoms with E-state index in [1.807, 2.05) is 24.3 Å². The summed E-state index contributed by atoms with van der Waals surface area (Å²) in [6.45, 7) is 0.521. The number of carbonyl (C=O) groups is 2. The summed E-state index contributed by atoms with van der Waals surface area (Å²) in [6.07, 6.45) is 2.78. The molecule has 0 fully saturated rings. The number of nitrogens with one attached hydrogen (secondary N) is 2. The zero-order valence-electron chi connectivity index (χ0n) is 15.8. The van der Waals surface area contributed by atoms with E-state index in [0.29, 0.717) is 5.75 Å². The molecule has 3 aromatic rings. The largest absolute Gasteiger partial charge is 0.496 e. The van der Waals surface area contributed by atoms with Crippen LogP contribution >= 0.6 is 0 Å². The third-order valence-corrected chi connectivity index (χ3v) is 4.26. The van der Waals surface area contributed by atoms with Gasteiger partial charge in [0, 0.05) is 31.0 Å². The fourth-order valence-corrected chi connectivity index (χ4v) is 2.70. The first-order chi connectivity index (χ1) is 14.1. The molecule has 0 saturated carbocycles. The molecule has 2 amide bonds. The van der Waals surface area contributed by atoms with Crippen molar-refractivity contribution >= 4 is 11.8 Å². The standard InChI is InChI=1S/C22H20FN3O3/c1-29-20-5-3-2-4-16(20)14-26-22(28)18-10-17(12-24-13-18)21(27)25-11-15-6-8-19(23)9-7-15/h2-10,12-13H,11,14H2,1H3,(H,25,27)(H,26,28). The summed E-state index contributed by atoms with van der Waals surface area (Å²) in [4.78, 5) is 28.8. The van der Waals surface area contributed by atoms with Crippen molar-refractivity contribution in [3.63, 3.8) is 0 Å². The van der Waals surface area contributed by atoms with Crippen molar-refractivity contribution in [1.29, 1.82) is 0 Å². The molecule has 0 saturated heterocycles. The van der Waals surface area contributed by atoms with Crippen LogP contribution in [0, 0.1) is 5.82 Å². The monoisotopic (exact) mass is 393 g/mol. The third kappa shape index (κ3) is 5.38. The van der Waals surface area contributed by atoms with Crippen LogP contribution in [0.2, 0.25) is 0 Å². The minimum atomic E-state index is -0.374. The number of pyridine rings is 1. The van der Waals surface area contributed by atoms with Crippen LogP contribution in [0.4, 0.5) is 4.39 Å². The SMILES string of the molecule is COc1ccccc1CNC(=O)c1cncc(C(=O)NCc2ccc(F)cc2)c1. The van der Waals surface area contributed by atoms with Crippen LogP contribution in [0.1, 0.15) is 31.8 Å². The molecule has 7 heteroatoms. The second-order valence-electron chi connectivity index (χ2n) is 6.27.